The van der Waals surface area contributed by atoms with E-state index in [-0.39, 0.29) is 11.5 Å². The van der Waals surface area contributed by atoms with E-state index in [2.05, 4.69) is 0 Å². The largest absolute Gasteiger partial charge is 0.478 e. The second-order valence-electron chi connectivity index (χ2n) is 5.24. The molecule has 0 amide bonds. The van der Waals surface area contributed by atoms with Gasteiger partial charge in [-0.2, -0.15) is 0 Å². The number of allylic oxidation sites excluding steroid dienone is 4. The van der Waals surface area contributed by atoms with Crippen LogP contribution >= 0.6 is 0 Å². The summed E-state index contributed by atoms with van der Waals surface area (Å²) in [5.74, 6) is -1.61. The minimum absolute atomic E-state index is 0.112. The molecule has 0 radical (unpaired) electrons. The standard InChI is InChI=1S/C15H20O4/c1-9(2)8-15(4)11(13(16)17)6-10(3)7-12(15)14(18)19-5/h6-8,10H,1-5H3,(H,16,17). The molecule has 0 saturated carbocycles. The molecule has 0 fully saturated rings. The van der Waals surface area contributed by atoms with Crippen LogP contribution in [0.25, 0.3) is 0 Å². The summed E-state index contributed by atoms with van der Waals surface area (Å²) in [5.41, 5.74) is 0.580. The molecule has 0 saturated heterocycles. The topological polar surface area (TPSA) is 63.6 Å². The van der Waals surface area contributed by atoms with Crippen molar-refractivity contribution in [2.45, 2.75) is 27.7 Å². The van der Waals surface area contributed by atoms with E-state index in [0.29, 0.717) is 5.57 Å². The number of methoxy groups -OCH3 is 1. The summed E-state index contributed by atoms with van der Waals surface area (Å²) in [5, 5.41) is 9.40. The smallest absolute Gasteiger partial charge is 0.334 e. The molecule has 0 aromatic rings. The van der Waals surface area contributed by atoms with Gasteiger partial charge < -0.3 is 9.84 Å². The van der Waals surface area contributed by atoms with E-state index in [1.165, 1.54) is 7.11 Å². The number of hydrogen-bond acceptors (Lipinski definition) is 3. The lowest BCUT2D eigenvalue weighted by atomic mass is 9.69. The Hall–Kier alpha value is -1.84. The molecule has 0 aliphatic heterocycles. The Morgan fingerprint density at radius 2 is 1.84 bits per heavy atom. The van der Waals surface area contributed by atoms with Gasteiger partial charge in [0.25, 0.3) is 0 Å². The van der Waals surface area contributed by atoms with Crippen LogP contribution in [0, 0.1) is 11.3 Å². The number of carbonyl (C=O) groups is 2. The summed E-state index contributed by atoms with van der Waals surface area (Å²) in [6.45, 7) is 7.32. The molecule has 0 aromatic carbocycles. The van der Waals surface area contributed by atoms with Crippen LogP contribution in [-0.4, -0.2) is 24.2 Å². The number of esters is 1. The highest BCUT2D eigenvalue weighted by Crippen LogP contribution is 2.43. The quantitative estimate of drug-likeness (QED) is 0.629. The van der Waals surface area contributed by atoms with E-state index in [1.54, 1.807) is 25.2 Å². The van der Waals surface area contributed by atoms with Crippen LogP contribution in [0.15, 0.2) is 34.9 Å². The van der Waals surface area contributed by atoms with E-state index in [0.717, 1.165) is 5.57 Å². The number of rotatable bonds is 3. The van der Waals surface area contributed by atoms with Crippen molar-refractivity contribution >= 4 is 11.9 Å². The Balaban J connectivity index is 3.48. The van der Waals surface area contributed by atoms with Gasteiger partial charge in [-0.15, -0.1) is 0 Å². The first kappa shape index (κ1) is 15.2. The van der Waals surface area contributed by atoms with Gasteiger partial charge in [0.05, 0.1) is 7.11 Å². The number of aliphatic carboxylic acids is 1. The minimum atomic E-state index is -1.01. The minimum Gasteiger partial charge on any atom is -0.478 e. The third kappa shape index (κ3) is 2.95. The fraction of sp³-hybridized carbons (Fsp3) is 0.467. The molecule has 2 atom stereocenters. The van der Waals surface area contributed by atoms with Gasteiger partial charge in [0.1, 0.15) is 0 Å². The Morgan fingerprint density at radius 3 is 2.26 bits per heavy atom. The number of carbonyl (C=O) groups excluding carboxylic acids is 1. The van der Waals surface area contributed by atoms with Crippen LogP contribution in [0.5, 0.6) is 0 Å². The maximum Gasteiger partial charge on any atom is 0.334 e. The van der Waals surface area contributed by atoms with Crippen molar-refractivity contribution in [3.63, 3.8) is 0 Å². The summed E-state index contributed by atoms with van der Waals surface area (Å²) < 4.78 is 4.79. The molecular weight excluding hydrogens is 244 g/mol. The first-order valence-corrected chi connectivity index (χ1v) is 6.14. The number of ether oxygens (including phenoxy) is 1. The average molecular weight is 264 g/mol. The number of carboxylic acids is 1. The number of carboxylic acid groups (broad SMARTS) is 1. The van der Waals surface area contributed by atoms with Crippen molar-refractivity contribution in [3.05, 3.63) is 34.9 Å². The Kier molecular flexibility index (Phi) is 4.35. The van der Waals surface area contributed by atoms with E-state index >= 15 is 0 Å². The van der Waals surface area contributed by atoms with Crippen molar-refractivity contribution in [1.82, 2.24) is 0 Å². The van der Waals surface area contributed by atoms with Crippen molar-refractivity contribution < 1.29 is 19.4 Å². The predicted octanol–water partition coefficient (Wildman–Crippen LogP) is 2.72. The van der Waals surface area contributed by atoms with Crippen LogP contribution in [0.4, 0.5) is 0 Å². The highest BCUT2D eigenvalue weighted by molar-refractivity contribution is 5.98. The zero-order chi connectivity index (χ0) is 14.8. The van der Waals surface area contributed by atoms with Gasteiger partial charge in [-0.3, -0.25) is 0 Å². The summed E-state index contributed by atoms with van der Waals surface area (Å²) in [6.07, 6.45) is 5.23. The molecule has 0 heterocycles. The van der Waals surface area contributed by atoms with Crippen LogP contribution in [0.1, 0.15) is 27.7 Å². The lowest BCUT2D eigenvalue weighted by Gasteiger charge is -2.33. The number of hydrogen-bond donors (Lipinski definition) is 1. The maximum absolute atomic E-state index is 11.9. The molecule has 1 N–H and O–H groups in total. The fourth-order valence-electron chi connectivity index (χ4n) is 2.48. The molecule has 104 valence electrons. The van der Waals surface area contributed by atoms with Crippen molar-refractivity contribution in [1.29, 1.82) is 0 Å². The second-order valence-corrected chi connectivity index (χ2v) is 5.24. The Labute approximate surface area is 113 Å². The molecular formula is C15H20O4. The molecule has 0 bridgehead atoms. The van der Waals surface area contributed by atoms with Crippen molar-refractivity contribution in [2.75, 3.05) is 7.11 Å². The van der Waals surface area contributed by atoms with Crippen LogP contribution in [0.2, 0.25) is 0 Å². The van der Waals surface area contributed by atoms with Gasteiger partial charge in [-0.25, -0.2) is 9.59 Å². The van der Waals surface area contributed by atoms with E-state index in [9.17, 15) is 14.7 Å². The normalized spacial score (nSPS) is 26.1. The van der Waals surface area contributed by atoms with Gasteiger partial charge in [0.2, 0.25) is 0 Å². The predicted molar refractivity (Wildman–Crippen MR) is 72.5 cm³/mol. The van der Waals surface area contributed by atoms with Gasteiger partial charge in [-0.1, -0.05) is 30.7 Å². The van der Waals surface area contributed by atoms with Crippen molar-refractivity contribution in [3.8, 4) is 0 Å². The van der Waals surface area contributed by atoms with Crippen LogP contribution in [0.3, 0.4) is 0 Å². The Bertz CT molecular complexity index is 492. The monoisotopic (exact) mass is 264 g/mol. The summed E-state index contributed by atoms with van der Waals surface area (Å²) in [4.78, 5) is 23.4. The highest BCUT2D eigenvalue weighted by Gasteiger charge is 2.41. The molecule has 19 heavy (non-hydrogen) atoms. The summed E-state index contributed by atoms with van der Waals surface area (Å²) >= 11 is 0. The molecule has 1 rings (SSSR count). The van der Waals surface area contributed by atoms with Gasteiger partial charge in [0.15, 0.2) is 0 Å². The van der Waals surface area contributed by atoms with E-state index < -0.39 is 17.4 Å². The van der Waals surface area contributed by atoms with E-state index in [1.807, 2.05) is 20.8 Å². The lowest BCUT2D eigenvalue weighted by molar-refractivity contribution is -0.137. The molecule has 0 aromatic heterocycles. The first-order chi connectivity index (χ1) is 8.72. The highest BCUT2D eigenvalue weighted by atomic mass is 16.5. The average Bonchev–Trinajstić information content (AvgIpc) is 2.29. The molecule has 4 heteroatoms. The zero-order valence-corrected chi connectivity index (χ0v) is 12.0. The van der Waals surface area contributed by atoms with E-state index in [4.69, 9.17) is 4.74 Å². The van der Waals surface area contributed by atoms with Gasteiger partial charge in [-0.05, 0) is 26.7 Å². The second kappa shape index (κ2) is 5.43. The van der Waals surface area contributed by atoms with Crippen molar-refractivity contribution in [2.24, 2.45) is 11.3 Å². The zero-order valence-electron chi connectivity index (χ0n) is 12.0. The molecule has 2 unspecified atom stereocenters. The SMILES string of the molecule is COC(=O)C1=CC(C)C=C(C(=O)O)C1(C)C=C(C)C. The van der Waals surface area contributed by atoms with Gasteiger partial charge >= 0.3 is 11.9 Å². The third-order valence-corrected chi connectivity index (χ3v) is 3.19. The molecule has 1 aliphatic rings. The third-order valence-electron chi connectivity index (χ3n) is 3.19. The summed E-state index contributed by atoms with van der Waals surface area (Å²) in [6, 6.07) is 0. The molecule has 4 nitrogen and oxygen atoms in total. The fourth-order valence-corrected chi connectivity index (χ4v) is 2.48. The maximum atomic E-state index is 11.9. The summed E-state index contributed by atoms with van der Waals surface area (Å²) in [7, 11) is 1.30. The lowest BCUT2D eigenvalue weighted by Crippen LogP contribution is -2.33. The molecule has 1 aliphatic carbocycles. The molecule has 0 spiro atoms. The van der Waals surface area contributed by atoms with Crippen LogP contribution in [-0.2, 0) is 14.3 Å². The van der Waals surface area contributed by atoms with Crippen LogP contribution < -0.4 is 0 Å². The Morgan fingerprint density at radius 1 is 1.32 bits per heavy atom. The van der Waals surface area contributed by atoms with Gasteiger partial charge in [0, 0.05) is 16.6 Å². The first-order valence-electron chi connectivity index (χ1n) is 6.14.